The van der Waals surface area contributed by atoms with Crippen LogP contribution in [-0.4, -0.2) is 41.0 Å². The Morgan fingerprint density at radius 3 is 2.67 bits per heavy atom. The number of ether oxygens (including phenoxy) is 3. The van der Waals surface area contributed by atoms with Gasteiger partial charge in [0.25, 0.3) is 11.7 Å². The van der Waals surface area contributed by atoms with Gasteiger partial charge in [0.15, 0.2) is 11.5 Å². The fourth-order valence-electron chi connectivity index (χ4n) is 5.09. The first-order valence-corrected chi connectivity index (χ1v) is 13.4. The van der Waals surface area contributed by atoms with Gasteiger partial charge >= 0.3 is 0 Å². The van der Waals surface area contributed by atoms with E-state index >= 15 is 0 Å². The first-order valence-electron chi connectivity index (χ1n) is 13.4. The molecule has 0 unspecified atom stereocenters. The number of furan rings is 1. The summed E-state index contributed by atoms with van der Waals surface area (Å²) in [7, 11) is 0. The molecule has 3 heterocycles. The van der Waals surface area contributed by atoms with Gasteiger partial charge in [0, 0.05) is 12.0 Å². The fourth-order valence-corrected chi connectivity index (χ4v) is 5.09. The number of ketones is 1. The van der Waals surface area contributed by atoms with Crippen LogP contribution in [0.2, 0.25) is 0 Å². The van der Waals surface area contributed by atoms with Crippen molar-refractivity contribution in [2.75, 3.05) is 13.2 Å². The monoisotopic (exact) mass is 531 g/mol. The van der Waals surface area contributed by atoms with Crippen molar-refractivity contribution in [3.8, 4) is 17.2 Å². The Morgan fingerprint density at radius 1 is 1.08 bits per heavy atom. The molecular weight excluding hydrogens is 498 g/mol. The average Bonchev–Trinajstić information content (AvgIpc) is 3.63. The van der Waals surface area contributed by atoms with Gasteiger partial charge in [0.05, 0.1) is 37.6 Å². The number of nitrogens with zero attached hydrogens (tertiary/aromatic N) is 1. The number of fused-ring (bicyclic) bond motifs is 1. The molecule has 8 nitrogen and oxygen atoms in total. The minimum Gasteiger partial charge on any atom is -0.507 e. The molecular formula is C31H33NO7. The quantitative estimate of drug-likeness (QED) is 0.153. The van der Waals surface area contributed by atoms with E-state index in [4.69, 9.17) is 18.6 Å². The maximum atomic E-state index is 13.5. The molecule has 2 aliphatic rings. The van der Waals surface area contributed by atoms with E-state index in [1.165, 1.54) is 11.2 Å². The Kier molecular flexibility index (Phi) is 7.63. The van der Waals surface area contributed by atoms with Gasteiger partial charge < -0.3 is 28.6 Å². The maximum Gasteiger partial charge on any atom is 0.296 e. The summed E-state index contributed by atoms with van der Waals surface area (Å²) in [5.41, 5.74) is 2.03. The molecule has 204 valence electrons. The van der Waals surface area contributed by atoms with Crippen LogP contribution in [0.15, 0.2) is 64.8 Å². The molecule has 0 spiro atoms. The fraction of sp³-hybridized carbons (Fsp3) is 0.355. The standard InChI is InChI=1S/C31H33NO7/c1-4-6-13-38-25-12-9-20(17-26(25)36-5-2)28-27(30(34)31(35)32(28)18-23-8-7-14-37-23)29(33)21-10-11-24-22(16-21)15-19(3)39-24/h7-12,14,16-17,19,28,33H,4-6,13,15,18H2,1-3H3/b29-27+/t19-,28+/m0/s1. The summed E-state index contributed by atoms with van der Waals surface area (Å²) in [5, 5.41) is 11.5. The zero-order chi connectivity index (χ0) is 27.5. The molecule has 0 radical (unpaired) electrons. The van der Waals surface area contributed by atoms with E-state index in [0.717, 1.165) is 24.2 Å². The predicted molar refractivity (Wildman–Crippen MR) is 145 cm³/mol. The van der Waals surface area contributed by atoms with Crippen molar-refractivity contribution in [3.63, 3.8) is 0 Å². The lowest BCUT2D eigenvalue weighted by Gasteiger charge is -2.25. The van der Waals surface area contributed by atoms with Crippen molar-refractivity contribution in [1.29, 1.82) is 0 Å². The lowest BCUT2D eigenvalue weighted by atomic mass is 9.94. The number of carbonyl (C=O) groups is 2. The molecule has 39 heavy (non-hydrogen) atoms. The van der Waals surface area contributed by atoms with Crippen LogP contribution in [0.3, 0.4) is 0 Å². The highest BCUT2D eigenvalue weighted by molar-refractivity contribution is 6.46. The number of amides is 1. The Balaban J connectivity index is 1.60. The Hall–Kier alpha value is -4.20. The lowest BCUT2D eigenvalue weighted by Crippen LogP contribution is -2.29. The first kappa shape index (κ1) is 26.4. The van der Waals surface area contributed by atoms with Crippen LogP contribution in [-0.2, 0) is 22.6 Å². The summed E-state index contributed by atoms with van der Waals surface area (Å²) < 4.78 is 23.1. The first-order chi connectivity index (χ1) is 18.9. The molecule has 2 aliphatic heterocycles. The summed E-state index contributed by atoms with van der Waals surface area (Å²) >= 11 is 0. The lowest BCUT2D eigenvalue weighted by molar-refractivity contribution is -0.140. The minimum absolute atomic E-state index is 0.0144. The Morgan fingerprint density at radius 2 is 1.92 bits per heavy atom. The Labute approximate surface area is 227 Å². The molecule has 5 rings (SSSR count). The summed E-state index contributed by atoms with van der Waals surface area (Å²) in [4.78, 5) is 28.2. The summed E-state index contributed by atoms with van der Waals surface area (Å²) in [6.45, 7) is 6.97. The van der Waals surface area contributed by atoms with Crippen molar-refractivity contribution in [3.05, 3.63) is 82.8 Å². The number of Topliss-reactive ketones (excluding diaryl/α,β-unsaturated/α-hetero) is 1. The summed E-state index contributed by atoms with van der Waals surface area (Å²) in [6, 6.07) is 13.3. The summed E-state index contributed by atoms with van der Waals surface area (Å²) in [5.74, 6) is 0.684. The van der Waals surface area contributed by atoms with Gasteiger partial charge in [0.1, 0.15) is 23.4 Å². The van der Waals surface area contributed by atoms with Crippen LogP contribution in [0.5, 0.6) is 17.2 Å². The van der Waals surface area contributed by atoms with Gasteiger partial charge in [0.2, 0.25) is 0 Å². The van der Waals surface area contributed by atoms with E-state index < -0.39 is 17.7 Å². The second kappa shape index (κ2) is 11.3. The predicted octanol–water partition coefficient (Wildman–Crippen LogP) is 5.80. The number of carbonyl (C=O) groups excluding carboxylic acids is 2. The second-order valence-corrected chi connectivity index (χ2v) is 9.80. The molecule has 3 aromatic rings. The number of benzene rings is 2. The SMILES string of the molecule is CCCCOc1ccc([C@@H]2/C(=C(\O)c3ccc4c(c3)C[C@H](C)O4)C(=O)C(=O)N2Cc2ccco2)cc1OCC. The summed E-state index contributed by atoms with van der Waals surface area (Å²) in [6.07, 6.45) is 4.15. The van der Waals surface area contributed by atoms with Crippen LogP contribution in [0, 0.1) is 0 Å². The van der Waals surface area contributed by atoms with E-state index in [9.17, 15) is 14.7 Å². The molecule has 1 aromatic heterocycles. The topological polar surface area (TPSA) is 98.4 Å². The number of aliphatic hydroxyl groups is 1. The van der Waals surface area contributed by atoms with Gasteiger partial charge in [-0.15, -0.1) is 0 Å². The molecule has 2 atom stereocenters. The molecule has 1 saturated heterocycles. The van der Waals surface area contributed by atoms with Crippen molar-refractivity contribution >= 4 is 17.4 Å². The van der Waals surface area contributed by atoms with E-state index in [0.29, 0.717) is 48.0 Å². The largest absolute Gasteiger partial charge is 0.507 e. The van der Waals surface area contributed by atoms with Gasteiger partial charge in [-0.1, -0.05) is 19.4 Å². The molecule has 8 heteroatoms. The number of aliphatic hydroxyl groups excluding tert-OH is 1. The molecule has 1 amide bonds. The molecule has 1 N–H and O–H groups in total. The van der Waals surface area contributed by atoms with Gasteiger partial charge in [-0.2, -0.15) is 0 Å². The average molecular weight is 532 g/mol. The van der Waals surface area contributed by atoms with Crippen molar-refractivity contribution < 1.29 is 33.3 Å². The van der Waals surface area contributed by atoms with Crippen LogP contribution in [0.25, 0.3) is 5.76 Å². The molecule has 0 aliphatic carbocycles. The smallest absolute Gasteiger partial charge is 0.296 e. The highest BCUT2D eigenvalue weighted by Gasteiger charge is 2.46. The number of likely N-dealkylation sites (tertiary alicyclic amines) is 1. The van der Waals surface area contributed by atoms with Crippen LogP contribution >= 0.6 is 0 Å². The second-order valence-electron chi connectivity index (χ2n) is 9.80. The zero-order valence-corrected chi connectivity index (χ0v) is 22.4. The molecule has 1 fully saturated rings. The van der Waals surface area contributed by atoms with Gasteiger partial charge in [-0.25, -0.2) is 0 Å². The molecule has 0 bridgehead atoms. The van der Waals surface area contributed by atoms with Gasteiger partial charge in [-0.05, 0) is 73.9 Å². The highest BCUT2D eigenvalue weighted by Crippen LogP contribution is 2.43. The minimum atomic E-state index is -0.859. The maximum absolute atomic E-state index is 13.5. The third-order valence-electron chi connectivity index (χ3n) is 6.95. The van der Waals surface area contributed by atoms with E-state index in [1.807, 2.05) is 19.9 Å². The van der Waals surface area contributed by atoms with Crippen molar-refractivity contribution in [1.82, 2.24) is 4.90 Å². The highest BCUT2D eigenvalue weighted by atomic mass is 16.5. The van der Waals surface area contributed by atoms with Crippen LogP contribution in [0.4, 0.5) is 0 Å². The number of rotatable bonds is 10. The van der Waals surface area contributed by atoms with Crippen molar-refractivity contribution in [2.24, 2.45) is 0 Å². The zero-order valence-electron chi connectivity index (χ0n) is 22.4. The third kappa shape index (κ3) is 5.24. The molecule has 2 aromatic carbocycles. The van der Waals surface area contributed by atoms with Gasteiger partial charge in [-0.3, -0.25) is 9.59 Å². The molecule has 0 saturated carbocycles. The van der Waals surface area contributed by atoms with E-state index in [1.54, 1.807) is 42.5 Å². The number of hydrogen-bond acceptors (Lipinski definition) is 7. The third-order valence-corrected chi connectivity index (χ3v) is 6.95. The van der Waals surface area contributed by atoms with E-state index in [-0.39, 0.29) is 24.0 Å². The van der Waals surface area contributed by atoms with Crippen molar-refractivity contribution in [2.45, 2.75) is 58.7 Å². The Bertz CT molecular complexity index is 1390. The van der Waals surface area contributed by atoms with Crippen LogP contribution < -0.4 is 14.2 Å². The number of unbranched alkanes of at least 4 members (excludes halogenated alkanes) is 1. The van der Waals surface area contributed by atoms with Crippen LogP contribution in [0.1, 0.15) is 62.1 Å². The number of hydrogen-bond donors (Lipinski definition) is 1. The van der Waals surface area contributed by atoms with E-state index in [2.05, 4.69) is 6.92 Å². The normalized spacial score (nSPS) is 19.7.